The van der Waals surface area contributed by atoms with Gasteiger partial charge in [0.25, 0.3) is 0 Å². The van der Waals surface area contributed by atoms with Crippen LogP contribution in [0.3, 0.4) is 0 Å². The van der Waals surface area contributed by atoms with Crippen molar-refractivity contribution < 1.29 is 14.3 Å². The molecule has 50 valence electrons. The SMILES string of the molecule is CC12CCC1OC(=O)O2. The van der Waals surface area contributed by atoms with Crippen molar-refractivity contribution in [3.05, 3.63) is 0 Å². The van der Waals surface area contributed by atoms with Gasteiger partial charge < -0.3 is 9.47 Å². The predicted molar refractivity (Wildman–Crippen MR) is 29.0 cm³/mol. The van der Waals surface area contributed by atoms with Crippen LogP contribution < -0.4 is 0 Å². The van der Waals surface area contributed by atoms with E-state index in [9.17, 15) is 4.79 Å². The zero-order valence-electron chi connectivity index (χ0n) is 5.22. The molecule has 2 unspecified atom stereocenters. The summed E-state index contributed by atoms with van der Waals surface area (Å²) < 4.78 is 9.69. The molecule has 9 heavy (non-hydrogen) atoms. The highest BCUT2D eigenvalue weighted by atomic mass is 16.8. The summed E-state index contributed by atoms with van der Waals surface area (Å²) in [7, 11) is 0. The third-order valence-electron chi connectivity index (χ3n) is 2.14. The second-order valence-electron chi connectivity index (χ2n) is 2.81. The van der Waals surface area contributed by atoms with Gasteiger partial charge in [0.2, 0.25) is 0 Å². The highest BCUT2D eigenvalue weighted by Gasteiger charge is 2.54. The summed E-state index contributed by atoms with van der Waals surface area (Å²) in [6.45, 7) is 1.91. The van der Waals surface area contributed by atoms with Crippen molar-refractivity contribution in [1.82, 2.24) is 0 Å². The van der Waals surface area contributed by atoms with Crippen LogP contribution in [0.15, 0.2) is 0 Å². The monoisotopic (exact) mass is 128 g/mol. The van der Waals surface area contributed by atoms with E-state index in [0.29, 0.717) is 0 Å². The zero-order chi connectivity index (χ0) is 6.48. The van der Waals surface area contributed by atoms with Crippen LogP contribution in [0.25, 0.3) is 0 Å². The molecule has 1 aliphatic heterocycles. The Morgan fingerprint density at radius 1 is 1.78 bits per heavy atom. The maximum absolute atomic E-state index is 10.5. The quantitative estimate of drug-likeness (QED) is 0.458. The highest BCUT2D eigenvalue weighted by Crippen LogP contribution is 2.42. The standard InChI is InChI=1S/C6H8O3/c1-6-3-2-4(6)8-5(7)9-6/h4H,2-3H2,1H3. The van der Waals surface area contributed by atoms with E-state index < -0.39 is 6.16 Å². The molecule has 0 N–H and O–H groups in total. The Hall–Kier alpha value is -0.730. The molecule has 0 spiro atoms. The second-order valence-corrected chi connectivity index (χ2v) is 2.81. The minimum atomic E-state index is -0.500. The summed E-state index contributed by atoms with van der Waals surface area (Å²) in [6.07, 6.45) is 1.45. The van der Waals surface area contributed by atoms with Crippen molar-refractivity contribution in [2.24, 2.45) is 0 Å². The molecular weight excluding hydrogens is 120 g/mol. The average molecular weight is 128 g/mol. The van der Waals surface area contributed by atoms with Gasteiger partial charge in [-0.15, -0.1) is 0 Å². The Morgan fingerprint density at radius 2 is 2.56 bits per heavy atom. The largest absolute Gasteiger partial charge is 0.509 e. The van der Waals surface area contributed by atoms with Gasteiger partial charge in [0, 0.05) is 0 Å². The van der Waals surface area contributed by atoms with Crippen LogP contribution in [0.1, 0.15) is 19.8 Å². The first-order valence-corrected chi connectivity index (χ1v) is 3.10. The van der Waals surface area contributed by atoms with Gasteiger partial charge in [-0.25, -0.2) is 4.79 Å². The summed E-state index contributed by atoms with van der Waals surface area (Å²) in [5.74, 6) is 0. The maximum Gasteiger partial charge on any atom is 0.509 e. The molecule has 0 aromatic heterocycles. The molecule has 0 amide bonds. The van der Waals surface area contributed by atoms with Gasteiger partial charge in [0.15, 0.2) is 0 Å². The molecule has 2 aliphatic rings. The molecule has 2 rings (SSSR count). The number of carbonyl (C=O) groups is 1. The molecule has 2 atom stereocenters. The highest BCUT2D eigenvalue weighted by molar-refractivity contribution is 5.64. The van der Waals surface area contributed by atoms with Crippen molar-refractivity contribution >= 4 is 6.16 Å². The van der Waals surface area contributed by atoms with Crippen molar-refractivity contribution in [3.63, 3.8) is 0 Å². The van der Waals surface area contributed by atoms with Gasteiger partial charge in [-0.2, -0.15) is 0 Å². The van der Waals surface area contributed by atoms with Crippen molar-refractivity contribution in [3.8, 4) is 0 Å². The lowest BCUT2D eigenvalue weighted by Crippen LogP contribution is -2.46. The molecule has 1 aliphatic carbocycles. The lowest BCUT2D eigenvalue weighted by Gasteiger charge is -2.35. The first-order valence-electron chi connectivity index (χ1n) is 3.10. The predicted octanol–water partition coefficient (Wildman–Crippen LogP) is 1.07. The topological polar surface area (TPSA) is 35.5 Å². The Kier molecular flexibility index (Phi) is 0.693. The minimum Gasteiger partial charge on any atom is -0.427 e. The Morgan fingerprint density at radius 3 is 2.78 bits per heavy atom. The van der Waals surface area contributed by atoms with E-state index in [4.69, 9.17) is 9.47 Å². The summed E-state index contributed by atoms with van der Waals surface area (Å²) in [5.41, 5.74) is -0.267. The number of carbonyl (C=O) groups excluding carboxylic acids is 1. The normalized spacial score (nSPS) is 46.8. The second kappa shape index (κ2) is 1.23. The fourth-order valence-electron chi connectivity index (χ4n) is 1.30. The molecule has 1 saturated carbocycles. The smallest absolute Gasteiger partial charge is 0.427 e. The number of ether oxygens (including phenoxy) is 2. The van der Waals surface area contributed by atoms with E-state index in [1.807, 2.05) is 6.92 Å². The fraction of sp³-hybridized carbons (Fsp3) is 0.833. The van der Waals surface area contributed by atoms with E-state index in [-0.39, 0.29) is 11.7 Å². The molecule has 3 heteroatoms. The number of rotatable bonds is 0. The van der Waals surface area contributed by atoms with Crippen LogP contribution in [-0.2, 0) is 9.47 Å². The van der Waals surface area contributed by atoms with Gasteiger partial charge in [0.1, 0.15) is 11.7 Å². The minimum absolute atomic E-state index is 0.0463. The molecule has 0 radical (unpaired) electrons. The summed E-state index contributed by atoms with van der Waals surface area (Å²) in [6, 6.07) is 0. The van der Waals surface area contributed by atoms with E-state index in [1.54, 1.807) is 0 Å². The van der Waals surface area contributed by atoms with E-state index in [0.717, 1.165) is 12.8 Å². The van der Waals surface area contributed by atoms with Crippen LogP contribution >= 0.6 is 0 Å². The Labute approximate surface area is 52.9 Å². The van der Waals surface area contributed by atoms with Gasteiger partial charge in [-0.3, -0.25) is 0 Å². The maximum atomic E-state index is 10.5. The Balaban J connectivity index is 2.20. The molecule has 0 aromatic rings. The Bertz CT molecular complexity index is 166. The molecule has 1 heterocycles. The average Bonchev–Trinajstić information content (AvgIpc) is 1.94. The third-order valence-corrected chi connectivity index (χ3v) is 2.14. The third kappa shape index (κ3) is 0.491. The van der Waals surface area contributed by atoms with E-state index in [1.165, 1.54) is 0 Å². The number of fused-ring (bicyclic) bond motifs is 1. The molecule has 2 fully saturated rings. The van der Waals surface area contributed by atoms with Gasteiger partial charge >= 0.3 is 6.16 Å². The molecule has 3 nitrogen and oxygen atoms in total. The summed E-state index contributed by atoms with van der Waals surface area (Å²) in [4.78, 5) is 10.5. The summed E-state index contributed by atoms with van der Waals surface area (Å²) in [5, 5.41) is 0. The van der Waals surface area contributed by atoms with Crippen LogP contribution in [-0.4, -0.2) is 17.9 Å². The van der Waals surface area contributed by atoms with E-state index in [2.05, 4.69) is 0 Å². The van der Waals surface area contributed by atoms with Crippen LogP contribution in [0.4, 0.5) is 4.79 Å². The zero-order valence-corrected chi connectivity index (χ0v) is 5.22. The van der Waals surface area contributed by atoms with Gasteiger partial charge in [0.05, 0.1) is 0 Å². The molecular formula is C6H8O3. The lowest BCUT2D eigenvalue weighted by molar-refractivity contribution is -0.0329. The van der Waals surface area contributed by atoms with Crippen LogP contribution in [0.5, 0.6) is 0 Å². The van der Waals surface area contributed by atoms with Crippen molar-refractivity contribution in [1.29, 1.82) is 0 Å². The van der Waals surface area contributed by atoms with Crippen LogP contribution in [0, 0.1) is 0 Å². The summed E-state index contributed by atoms with van der Waals surface area (Å²) >= 11 is 0. The number of hydrogen-bond acceptors (Lipinski definition) is 3. The number of hydrogen-bond donors (Lipinski definition) is 0. The molecule has 0 aromatic carbocycles. The first kappa shape index (κ1) is 5.09. The lowest BCUT2D eigenvalue weighted by atomic mass is 9.79. The molecule has 0 bridgehead atoms. The van der Waals surface area contributed by atoms with Crippen molar-refractivity contribution in [2.75, 3.05) is 0 Å². The van der Waals surface area contributed by atoms with Gasteiger partial charge in [-0.05, 0) is 19.8 Å². The molecule has 1 saturated heterocycles. The van der Waals surface area contributed by atoms with Crippen LogP contribution in [0.2, 0.25) is 0 Å². The fourth-order valence-corrected chi connectivity index (χ4v) is 1.30. The van der Waals surface area contributed by atoms with E-state index >= 15 is 0 Å². The first-order chi connectivity index (χ1) is 4.21. The van der Waals surface area contributed by atoms with Gasteiger partial charge in [-0.1, -0.05) is 0 Å². The van der Waals surface area contributed by atoms with Crippen molar-refractivity contribution in [2.45, 2.75) is 31.5 Å².